The Bertz CT molecular complexity index is 1770. The first-order valence-electron chi connectivity index (χ1n) is 14.5. The van der Waals surface area contributed by atoms with E-state index in [-0.39, 0.29) is 17.2 Å². The van der Waals surface area contributed by atoms with Crippen molar-refractivity contribution in [1.29, 1.82) is 0 Å². The third-order valence-electron chi connectivity index (χ3n) is 7.66. The Balaban J connectivity index is 1.30. The topological polar surface area (TPSA) is 90.0 Å². The van der Waals surface area contributed by atoms with Crippen LogP contribution in [0.5, 0.6) is 23.0 Å². The summed E-state index contributed by atoms with van der Waals surface area (Å²) in [6.45, 7) is 4.79. The van der Waals surface area contributed by atoms with Crippen molar-refractivity contribution < 1.29 is 40.2 Å². The van der Waals surface area contributed by atoms with Crippen LogP contribution in [0, 0.1) is 5.82 Å². The summed E-state index contributed by atoms with van der Waals surface area (Å²) in [5.74, 6) is 0.00849. The Kier molecular flexibility index (Phi) is 9.68. The predicted molar refractivity (Wildman–Crippen MR) is 162 cm³/mol. The van der Waals surface area contributed by atoms with Gasteiger partial charge in [0.15, 0.2) is 23.1 Å². The number of piperidine rings is 1. The Morgan fingerprint density at radius 2 is 1.80 bits per heavy atom. The molecule has 1 unspecified atom stereocenters. The molecule has 0 radical (unpaired) electrons. The summed E-state index contributed by atoms with van der Waals surface area (Å²) in [5.41, 5.74) is -1.10. The Morgan fingerprint density at radius 1 is 1.00 bits per heavy atom. The zero-order chi connectivity index (χ0) is 32.2. The van der Waals surface area contributed by atoms with E-state index in [0.29, 0.717) is 41.1 Å². The normalized spacial score (nSPS) is 16.0. The zero-order valence-corrected chi connectivity index (χ0v) is 25.6. The van der Waals surface area contributed by atoms with Gasteiger partial charge in [0.1, 0.15) is 5.75 Å². The maximum atomic E-state index is 15.1. The number of sulfonamides is 1. The SMILES string of the molecule is COc1cc2c(Oc3ccc(NS(=O)(=O)c4ccccc4C(F)(F)F)cc3F)ccnc2cc1OCCCN1CCCCC1C. The second kappa shape index (κ2) is 13.5. The van der Waals surface area contributed by atoms with E-state index in [0.717, 1.165) is 37.7 Å². The number of hydrogen-bond acceptors (Lipinski definition) is 7. The lowest BCUT2D eigenvalue weighted by molar-refractivity contribution is -0.139. The first-order valence-corrected chi connectivity index (χ1v) is 15.9. The number of fused-ring (bicyclic) bond motifs is 1. The van der Waals surface area contributed by atoms with Crippen LogP contribution < -0.4 is 18.9 Å². The van der Waals surface area contributed by atoms with E-state index in [1.165, 1.54) is 56.8 Å². The number of rotatable bonds is 11. The van der Waals surface area contributed by atoms with Crippen molar-refractivity contribution in [2.24, 2.45) is 0 Å². The molecule has 0 aliphatic carbocycles. The van der Waals surface area contributed by atoms with Gasteiger partial charge in [0.25, 0.3) is 10.0 Å². The molecule has 13 heteroatoms. The van der Waals surface area contributed by atoms with Gasteiger partial charge in [-0.2, -0.15) is 13.2 Å². The molecular formula is C32H33F4N3O5S. The summed E-state index contributed by atoms with van der Waals surface area (Å²) < 4.78 is 100. The second-order valence-electron chi connectivity index (χ2n) is 10.8. The molecule has 1 aliphatic rings. The van der Waals surface area contributed by atoms with Crippen LogP contribution in [0.25, 0.3) is 10.9 Å². The molecule has 0 bridgehead atoms. The molecule has 1 atom stereocenters. The van der Waals surface area contributed by atoms with E-state index in [4.69, 9.17) is 14.2 Å². The monoisotopic (exact) mass is 647 g/mol. The molecule has 0 spiro atoms. The summed E-state index contributed by atoms with van der Waals surface area (Å²) >= 11 is 0. The summed E-state index contributed by atoms with van der Waals surface area (Å²) in [5, 5.41) is 0.511. The minimum atomic E-state index is -4.90. The molecule has 0 saturated carbocycles. The number of anilines is 1. The highest BCUT2D eigenvalue weighted by atomic mass is 32.2. The summed E-state index contributed by atoms with van der Waals surface area (Å²) in [6, 6.07) is 12.4. The molecule has 0 amide bonds. The lowest BCUT2D eigenvalue weighted by Crippen LogP contribution is -2.38. The predicted octanol–water partition coefficient (Wildman–Crippen LogP) is 7.64. The fraction of sp³-hybridized carbons (Fsp3) is 0.344. The molecule has 1 saturated heterocycles. The molecule has 5 rings (SSSR count). The van der Waals surface area contributed by atoms with Crippen molar-refractivity contribution in [3.05, 3.63) is 78.2 Å². The molecular weight excluding hydrogens is 614 g/mol. The van der Waals surface area contributed by atoms with Crippen molar-refractivity contribution >= 4 is 26.6 Å². The van der Waals surface area contributed by atoms with E-state index < -0.39 is 32.5 Å². The highest BCUT2D eigenvalue weighted by Gasteiger charge is 2.37. The molecule has 1 fully saturated rings. The fourth-order valence-electron chi connectivity index (χ4n) is 5.34. The van der Waals surface area contributed by atoms with Gasteiger partial charge in [-0.05, 0) is 69.1 Å². The maximum absolute atomic E-state index is 15.1. The molecule has 3 aromatic carbocycles. The largest absolute Gasteiger partial charge is 0.493 e. The van der Waals surface area contributed by atoms with E-state index in [1.54, 1.807) is 12.1 Å². The number of likely N-dealkylation sites (tertiary alicyclic amines) is 1. The van der Waals surface area contributed by atoms with Crippen LogP contribution in [0.15, 0.2) is 71.8 Å². The molecule has 240 valence electrons. The van der Waals surface area contributed by atoms with E-state index >= 15 is 4.39 Å². The number of nitrogens with one attached hydrogen (secondary N) is 1. The Labute approximate surface area is 259 Å². The van der Waals surface area contributed by atoms with Gasteiger partial charge in [0, 0.05) is 36.3 Å². The average molecular weight is 648 g/mol. The molecule has 1 N–H and O–H groups in total. The van der Waals surface area contributed by atoms with Gasteiger partial charge in [-0.25, -0.2) is 12.8 Å². The lowest BCUT2D eigenvalue weighted by Gasteiger charge is -2.33. The van der Waals surface area contributed by atoms with Crippen LogP contribution >= 0.6 is 0 Å². The number of nitrogens with zero attached hydrogens (tertiary/aromatic N) is 2. The minimum absolute atomic E-state index is 0.243. The average Bonchev–Trinajstić information content (AvgIpc) is 3.00. The summed E-state index contributed by atoms with van der Waals surface area (Å²) in [7, 11) is -3.18. The molecule has 45 heavy (non-hydrogen) atoms. The van der Waals surface area contributed by atoms with Crippen LogP contribution in [0.4, 0.5) is 23.2 Å². The third-order valence-corrected chi connectivity index (χ3v) is 9.10. The van der Waals surface area contributed by atoms with Gasteiger partial charge in [0.05, 0.1) is 35.4 Å². The molecule has 1 aromatic heterocycles. The summed E-state index contributed by atoms with van der Waals surface area (Å²) in [4.78, 5) is 5.89. The van der Waals surface area contributed by atoms with Gasteiger partial charge < -0.3 is 19.1 Å². The number of methoxy groups -OCH3 is 1. The van der Waals surface area contributed by atoms with Crippen molar-refractivity contribution in [1.82, 2.24) is 9.88 Å². The third kappa shape index (κ3) is 7.59. The van der Waals surface area contributed by atoms with Gasteiger partial charge in [-0.1, -0.05) is 18.6 Å². The van der Waals surface area contributed by atoms with Crippen molar-refractivity contribution in [3.8, 4) is 23.0 Å². The first kappa shape index (κ1) is 32.3. The van der Waals surface area contributed by atoms with Gasteiger partial charge in [-0.3, -0.25) is 9.71 Å². The quantitative estimate of drug-likeness (QED) is 0.132. The number of pyridine rings is 1. The highest BCUT2D eigenvalue weighted by Crippen LogP contribution is 2.39. The van der Waals surface area contributed by atoms with E-state index in [2.05, 4.69) is 16.8 Å². The number of ether oxygens (including phenoxy) is 3. The lowest BCUT2D eigenvalue weighted by atomic mass is 10.0. The van der Waals surface area contributed by atoms with Crippen molar-refractivity contribution in [2.75, 3.05) is 31.5 Å². The number of aromatic nitrogens is 1. The van der Waals surface area contributed by atoms with Crippen LogP contribution in [0.2, 0.25) is 0 Å². The number of benzene rings is 3. The van der Waals surface area contributed by atoms with Gasteiger partial charge >= 0.3 is 6.18 Å². The van der Waals surface area contributed by atoms with Crippen molar-refractivity contribution in [2.45, 2.75) is 49.7 Å². The molecule has 4 aromatic rings. The Morgan fingerprint density at radius 3 is 2.53 bits per heavy atom. The van der Waals surface area contributed by atoms with E-state index in [9.17, 15) is 21.6 Å². The van der Waals surface area contributed by atoms with E-state index in [1.807, 2.05) is 4.72 Å². The zero-order valence-electron chi connectivity index (χ0n) is 24.7. The second-order valence-corrected chi connectivity index (χ2v) is 12.4. The Hall–Kier alpha value is -4.10. The number of halogens is 4. The van der Waals surface area contributed by atoms with Gasteiger partial charge in [-0.15, -0.1) is 0 Å². The smallest absolute Gasteiger partial charge is 0.417 e. The fourth-order valence-corrected chi connectivity index (χ4v) is 6.62. The minimum Gasteiger partial charge on any atom is -0.493 e. The molecule has 1 aliphatic heterocycles. The highest BCUT2D eigenvalue weighted by molar-refractivity contribution is 7.92. The van der Waals surface area contributed by atoms with Crippen molar-refractivity contribution in [3.63, 3.8) is 0 Å². The van der Waals surface area contributed by atoms with Crippen LogP contribution in [0.3, 0.4) is 0 Å². The standard InChI is InChI=1S/C32H33F4N3O5S/c1-21-8-5-6-15-39(21)16-7-17-43-30-20-26-23(19-29(30)42-2)27(13-14-37-26)44-28-12-11-22(18-25(28)33)38-45(40,41)31-10-4-3-9-24(31)32(34,35)36/h3-4,9-14,18-21,38H,5-8,15-17H2,1-2H3. The van der Waals surface area contributed by atoms with Crippen LogP contribution in [0.1, 0.15) is 38.2 Å². The summed E-state index contributed by atoms with van der Waals surface area (Å²) in [6.07, 6.45) is 1.13. The van der Waals surface area contributed by atoms with Crippen LogP contribution in [-0.2, 0) is 16.2 Å². The number of alkyl halides is 3. The molecule has 8 nitrogen and oxygen atoms in total. The van der Waals surface area contributed by atoms with Gasteiger partial charge in [0.2, 0.25) is 0 Å². The molecule has 2 heterocycles. The number of hydrogen-bond donors (Lipinski definition) is 1. The maximum Gasteiger partial charge on any atom is 0.417 e. The first-order chi connectivity index (χ1) is 21.5. The van der Waals surface area contributed by atoms with Crippen LogP contribution in [-0.4, -0.2) is 51.1 Å².